The van der Waals surface area contributed by atoms with Gasteiger partial charge >= 0.3 is 6.09 Å². The second kappa shape index (κ2) is 6.97. The molecule has 0 aliphatic carbocycles. The number of hydrogen-bond donors (Lipinski definition) is 2. The van der Waals surface area contributed by atoms with E-state index < -0.39 is 11.7 Å². The maximum atomic E-state index is 11.5. The molecule has 6 nitrogen and oxygen atoms in total. The lowest BCUT2D eigenvalue weighted by Crippen LogP contribution is -2.32. The van der Waals surface area contributed by atoms with Gasteiger partial charge in [0.2, 0.25) is 0 Å². The van der Waals surface area contributed by atoms with Crippen LogP contribution in [0.4, 0.5) is 10.5 Å². The van der Waals surface area contributed by atoms with Gasteiger partial charge in [0, 0.05) is 31.0 Å². The van der Waals surface area contributed by atoms with Gasteiger partial charge in [-0.1, -0.05) is 11.8 Å². The molecule has 2 aromatic rings. The number of nitrogens with one attached hydrogen (secondary N) is 1. The van der Waals surface area contributed by atoms with Gasteiger partial charge in [0.1, 0.15) is 11.1 Å². The Morgan fingerprint density at radius 3 is 2.78 bits per heavy atom. The van der Waals surface area contributed by atoms with Crippen molar-refractivity contribution < 1.29 is 9.53 Å². The molecule has 0 radical (unpaired) electrons. The number of carbonyl (C=O) groups is 1. The molecule has 1 aromatic carbocycles. The van der Waals surface area contributed by atoms with Gasteiger partial charge < -0.3 is 15.8 Å². The van der Waals surface area contributed by atoms with E-state index in [4.69, 9.17) is 10.5 Å². The van der Waals surface area contributed by atoms with Crippen molar-refractivity contribution in [3.05, 3.63) is 30.1 Å². The van der Waals surface area contributed by atoms with Crippen molar-refractivity contribution in [2.75, 3.05) is 12.3 Å². The fourth-order valence-corrected chi connectivity index (χ4v) is 1.88. The molecule has 0 spiro atoms. The Morgan fingerprint density at radius 1 is 1.30 bits per heavy atom. The van der Waals surface area contributed by atoms with Crippen molar-refractivity contribution in [1.82, 2.24) is 15.3 Å². The normalized spacial score (nSPS) is 10.7. The third-order valence-electron chi connectivity index (χ3n) is 2.80. The highest BCUT2D eigenvalue weighted by atomic mass is 16.6. The minimum atomic E-state index is -0.508. The van der Waals surface area contributed by atoms with Gasteiger partial charge in [-0.2, -0.15) is 0 Å². The predicted octanol–water partition coefficient (Wildman–Crippen LogP) is 2.48. The summed E-state index contributed by atoms with van der Waals surface area (Å²) in [7, 11) is 0. The second-order valence-electron chi connectivity index (χ2n) is 5.93. The van der Waals surface area contributed by atoms with Crippen molar-refractivity contribution >= 4 is 22.8 Å². The SMILES string of the molecule is CC(C)(C)OC(=O)NCCC#Cc1c(N)ccc2nccnc12. The quantitative estimate of drug-likeness (QED) is 0.505. The Bertz CT molecular complexity index is 769. The number of carbonyl (C=O) groups excluding carboxylic acids is 1. The molecule has 2 rings (SSSR count). The third-order valence-corrected chi connectivity index (χ3v) is 2.80. The number of benzene rings is 1. The molecular weight excluding hydrogens is 292 g/mol. The molecule has 6 heteroatoms. The number of amides is 1. The van der Waals surface area contributed by atoms with Gasteiger partial charge in [-0.25, -0.2) is 4.79 Å². The molecule has 0 unspecified atom stereocenters. The van der Waals surface area contributed by atoms with Crippen molar-refractivity contribution in [1.29, 1.82) is 0 Å². The van der Waals surface area contributed by atoms with E-state index in [2.05, 4.69) is 27.1 Å². The molecular formula is C17H20N4O2. The van der Waals surface area contributed by atoms with Crippen molar-refractivity contribution in [2.45, 2.75) is 32.8 Å². The molecule has 0 bridgehead atoms. The van der Waals surface area contributed by atoms with E-state index in [1.807, 2.05) is 26.8 Å². The van der Waals surface area contributed by atoms with Crippen LogP contribution in [0.15, 0.2) is 24.5 Å². The molecule has 23 heavy (non-hydrogen) atoms. The van der Waals surface area contributed by atoms with E-state index in [0.29, 0.717) is 29.7 Å². The first-order valence-corrected chi connectivity index (χ1v) is 7.32. The second-order valence-corrected chi connectivity index (χ2v) is 5.93. The molecule has 0 saturated carbocycles. The Balaban J connectivity index is 1.98. The first kappa shape index (κ1) is 16.6. The van der Waals surface area contributed by atoms with E-state index >= 15 is 0 Å². The highest BCUT2D eigenvalue weighted by Crippen LogP contribution is 2.19. The summed E-state index contributed by atoms with van der Waals surface area (Å²) in [5.74, 6) is 5.99. The minimum Gasteiger partial charge on any atom is -0.444 e. The molecule has 0 aliphatic heterocycles. The monoisotopic (exact) mass is 312 g/mol. The molecule has 0 fully saturated rings. The largest absolute Gasteiger partial charge is 0.444 e. The Morgan fingerprint density at radius 2 is 2.04 bits per heavy atom. The average molecular weight is 312 g/mol. The Kier molecular flexibility index (Phi) is 5.02. The molecule has 120 valence electrons. The van der Waals surface area contributed by atoms with Crippen LogP contribution in [-0.2, 0) is 4.74 Å². The first-order valence-electron chi connectivity index (χ1n) is 7.32. The molecule has 1 aromatic heterocycles. The van der Waals surface area contributed by atoms with Crippen LogP contribution in [0.3, 0.4) is 0 Å². The van der Waals surface area contributed by atoms with Crippen LogP contribution in [0.5, 0.6) is 0 Å². The Hall–Kier alpha value is -2.81. The average Bonchev–Trinajstić information content (AvgIpc) is 2.47. The predicted molar refractivity (Wildman–Crippen MR) is 89.7 cm³/mol. The summed E-state index contributed by atoms with van der Waals surface area (Å²) in [6.45, 7) is 5.85. The summed E-state index contributed by atoms with van der Waals surface area (Å²) in [4.78, 5) is 20.0. The number of nitrogens with two attached hydrogens (primary N) is 1. The lowest BCUT2D eigenvalue weighted by molar-refractivity contribution is 0.0529. The zero-order valence-corrected chi connectivity index (χ0v) is 13.5. The summed E-state index contributed by atoms with van der Waals surface area (Å²) in [6.07, 6.45) is 3.27. The van der Waals surface area contributed by atoms with Crippen molar-refractivity contribution in [2.24, 2.45) is 0 Å². The summed E-state index contributed by atoms with van der Waals surface area (Å²) < 4.78 is 5.14. The fourth-order valence-electron chi connectivity index (χ4n) is 1.88. The first-order chi connectivity index (χ1) is 10.9. The summed E-state index contributed by atoms with van der Waals surface area (Å²) >= 11 is 0. The Labute approximate surface area is 135 Å². The number of fused-ring (bicyclic) bond motifs is 1. The maximum Gasteiger partial charge on any atom is 0.407 e. The van der Waals surface area contributed by atoms with Gasteiger partial charge in [0.25, 0.3) is 0 Å². The highest BCUT2D eigenvalue weighted by Gasteiger charge is 2.15. The minimum absolute atomic E-state index is 0.401. The molecule has 1 heterocycles. The van der Waals surface area contributed by atoms with Crippen LogP contribution < -0.4 is 11.1 Å². The number of nitrogens with zero attached hydrogens (tertiary/aromatic N) is 2. The van der Waals surface area contributed by atoms with Crippen molar-refractivity contribution in [3.63, 3.8) is 0 Å². The summed E-state index contributed by atoms with van der Waals surface area (Å²) in [5, 5.41) is 2.65. The van der Waals surface area contributed by atoms with Crippen molar-refractivity contribution in [3.8, 4) is 11.8 Å². The van der Waals surface area contributed by atoms with Crippen LogP contribution in [0, 0.1) is 11.8 Å². The van der Waals surface area contributed by atoms with E-state index in [-0.39, 0.29) is 0 Å². The zero-order chi connectivity index (χ0) is 16.9. The maximum absolute atomic E-state index is 11.5. The number of alkyl carbamates (subject to hydrolysis) is 1. The van der Waals surface area contributed by atoms with Crippen LogP contribution in [0.25, 0.3) is 11.0 Å². The lowest BCUT2D eigenvalue weighted by atomic mass is 10.1. The number of rotatable bonds is 2. The topological polar surface area (TPSA) is 90.1 Å². The number of anilines is 1. The molecule has 0 atom stereocenters. The van der Waals surface area contributed by atoms with Gasteiger partial charge in [0.05, 0.1) is 11.1 Å². The molecule has 0 saturated heterocycles. The van der Waals surface area contributed by atoms with E-state index in [1.54, 1.807) is 18.5 Å². The fraction of sp³-hybridized carbons (Fsp3) is 0.353. The van der Waals surface area contributed by atoms with Gasteiger partial charge in [0.15, 0.2) is 0 Å². The zero-order valence-electron chi connectivity index (χ0n) is 13.5. The number of hydrogen-bond acceptors (Lipinski definition) is 5. The van der Waals surface area contributed by atoms with Gasteiger partial charge in [-0.3, -0.25) is 9.97 Å². The van der Waals surface area contributed by atoms with Gasteiger partial charge in [-0.05, 0) is 32.9 Å². The molecule has 3 N–H and O–H groups in total. The smallest absolute Gasteiger partial charge is 0.407 e. The van der Waals surface area contributed by atoms with Crippen LogP contribution >= 0.6 is 0 Å². The van der Waals surface area contributed by atoms with E-state index in [9.17, 15) is 4.79 Å². The lowest BCUT2D eigenvalue weighted by Gasteiger charge is -2.19. The molecule has 0 aliphatic rings. The standard InChI is InChI=1S/C17H20N4O2/c1-17(2,3)23-16(22)21-9-5-4-6-12-13(18)7-8-14-15(12)20-11-10-19-14/h7-8,10-11H,5,9,18H2,1-3H3,(H,21,22). The number of aromatic nitrogens is 2. The number of ether oxygens (including phenoxy) is 1. The van der Waals surface area contributed by atoms with Gasteiger partial charge in [-0.15, -0.1) is 0 Å². The van der Waals surface area contributed by atoms with Crippen LogP contribution in [0.2, 0.25) is 0 Å². The van der Waals surface area contributed by atoms with E-state index in [1.165, 1.54) is 0 Å². The summed E-state index contributed by atoms with van der Waals surface area (Å²) in [5.41, 5.74) is 8.10. The van der Waals surface area contributed by atoms with Crippen LogP contribution in [-0.4, -0.2) is 28.2 Å². The number of nitrogen functional groups attached to an aromatic ring is 1. The summed E-state index contributed by atoms with van der Waals surface area (Å²) in [6, 6.07) is 3.58. The third kappa shape index (κ3) is 4.85. The van der Waals surface area contributed by atoms with Crippen LogP contribution in [0.1, 0.15) is 32.8 Å². The highest BCUT2D eigenvalue weighted by molar-refractivity contribution is 5.86. The molecule has 1 amide bonds. The van der Waals surface area contributed by atoms with E-state index in [0.717, 1.165) is 5.52 Å².